The van der Waals surface area contributed by atoms with Crippen molar-refractivity contribution >= 4 is 22.9 Å². The number of carbonyl (C=O) groups is 1. The van der Waals surface area contributed by atoms with Crippen LogP contribution in [0.1, 0.15) is 25.8 Å². The monoisotopic (exact) mass is 275 g/mol. The van der Waals surface area contributed by atoms with Crippen LogP contribution in [0.5, 0.6) is 0 Å². The summed E-state index contributed by atoms with van der Waals surface area (Å²) in [5, 5.41) is 1.01. The quantitative estimate of drug-likeness (QED) is 0.876. The van der Waals surface area contributed by atoms with E-state index >= 15 is 0 Å². The van der Waals surface area contributed by atoms with Crippen molar-refractivity contribution in [2.45, 2.75) is 20.4 Å². The molecule has 1 aromatic heterocycles. The first-order valence-corrected chi connectivity index (χ1v) is 6.81. The van der Waals surface area contributed by atoms with Crippen LogP contribution in [0.4, 0.5) is 5.69 Å². The molecule has 19 heavy (non-hydrogen) atoms. The fourth-order valence-corrected chi connectivity index (χ4v) is 2.79. The Bertz CT molecular complexity index is 586. The van der Waals surface area contributed by atoms with Crippen molar-refractivity contribution in [1.82, 2.24) is 9.88 Å². The molecule has 1 heterocycles. The van der Waals surface area contributed by atoms with Crippen LogP contribution in [0.15, 0.2) is 24.4 Å². The molecule has 0 unspecified atom stereocenters. The van der Waals surface area contributed by atoms with E-state index in [0.717, 1.165) is 15.4 Å². The summed E-state index contributed by atoms with van der Waals surface area (Å²) in [5.74, 6) is -0.0264. The van der Waals surface area contributed by atoms with Gasteiger partial charge in [0, 0.05) is 29.4 Å². The van der Waals surface area contributed by atoms with Crippen molar-refractivity contribution in [2.24, 2.45) is 0 Å². The molecule has 0 aliphatic heterocycles. The van der Waals surface area contributed by atoms with Gasteiger partial charge in [0.15, 0.2) is 0 Å². The molecule has 2 N–H and O–H groups in total. The molecule has 0 atom stereocenters. The van der Waals surface area contributed by atoms with Gasteiger partial charge in [-0.05, 0) is 37.6 Å². The van der Waals surface area contributed by atoms with Crippen LogP contribution in [-0.2, 0) is 6.54 Å². The third-order valence-electron chi connectivity index (χ3n) is 2.76. The number of benzene rings is 1. The number of aryl methyl sites for hydroxylation is 2. The van der Waals surface area contributed by atoms with Crippen LogP contribution >= 0.6 is 11.3 Å². The smallest absolute Gasteiger partial charge is 0.254 e. The summed E-state index contributed by atoms with van der Waals surface area (Å²) in [4.78, 5) is 19.3. The minimum Gasteiger partial charge on any atom is -0.399 e. The Morgan fingerprint density at radius 1 is 1.37 bits per heavy atom. The number of rotatable bonds is 3. The molecule has 0 spiro atoms. The van der Waals surface area contributed by atoms with E-state index in [9.17, 15) is 4.79 Å². The van der Waals surface area contributed by atoms with Crippen molar-refractivity contribution in [3.05, 3.63) is 45.4 Å². The first-order valence-electron chi connectivity index (χ1n) is 5.99. The molecule has 2 rings (SSSR count). The Morgan fingerprint density at radius 3 is 2.68 bits per heavy atom. The Labute approximate surface area is 116 Å². The molecule has 1 amide bonds. The number of nitrogen functional groups attached to an aromatic ring is 1. The van der Waals surface area contributed by atoms with Crippen molar-refractivity contribution in [3.63, 3.8) is 0 Å². The number of anilines is 1. The second-order valence-electron chi connectivity index (χ2n) is 4.64. The van der Waals surface area contributed by atoms with E-state index in [1.807, 2.05) is 32.2 Å². The highest BCUT2D eigenvalue weighted by molar-refractivity contribution is 7.11. The van der Waals surface area contributed by atoms with E-state index < -0.39 is 0 Å². The van der Waals surface area contributed by atoms with E-state index in [-0.39, 0.29) is 5.91 Å². The van der Waals surface area contributed by atoms with Crippen molar-refractivity contribution in [2.75, 3.05) is 12.8 Å². The number of thiazole rings is 1. The lowest BCUT2D eigenvalue weighted by Gasteiger charge is -2.16. The van der Waals surface area contributed by atoms with Gasteiger partial charge in [0.2, 0.25) is 0 Å². The molecular formula is C14H17N3OS. The van der Waals surface area contributed by atoms with Crippen LogP contribution in [0.3, 0.4) is 0 Å². The van der Waals surface area contributed by atoms with Gasteiger partial charge in [-0.1, -0.05) is 0 Å². The van der Waals surface area contributed by atoms with Gasteiger partial charge in [0.05, 0.1) is 11.6 Å². The molecule has 4 nitrogen and oxygen atoms in total. The Kier molecular flexibility index (Phi) is 3.85. The summed E-state index contributed by atoms with van der Waals surface area (Å²) in [7, 11) is 1.79. The maximum atomic E-state index is 12.3. The fourth-order valence-electron chi connectivity index (χ4n) is 1.94. The molecule has 0 radical (unpaired) electrons. The second kappa shape index (κ2) is 5.40. The summed E-state index contributed by atoms with van der Waals surface area (Å²) in [6.07, 6.45) is 1.81. The van der Waals surface area contributed by atoms with Gasteiger partial charge in [-0.2, -0.15) is 0 Å². The van der Waals surface area contributed by atoms with Crippen LogP contribution in [0.25, 0.3) is 0 Å². The van der Waals surface area contributed by atoms with Gasteiger partial charge in [-0.25, -0.2) is 4.98 Å². The normalized spacial score (nSPS) is 10.5. The maximum absolute atomic E-state index is 12.3. The predicted molar refractivity (Wildman–Crippen MR) is 78.2 cm³/mol. The summed E-state index contributed by atoms with van der Waals surface area (Å²) in [6, 6.07) is 5.42. The van der Waals surface area contributed by atoms with Crippen molar-refractivity contribution in [1.29, 1.82) is 0 Å². The van der Waals surface area contributed by atoms with E-state index in [2.05, 4.69) is 4.98 Å². The first kappa shape index (κ1) is 13.5. The predicted octanol–water partition coefficient (Wildman–Crippen LogP) is 2.61. The Morgan fingerprint density at radius 2 is 2.11 bits per heavy atom. The lowest BCUT2D eigenvalue weighted by atomic mass is 10.1. The van der Waals surface area contributed by atoms with Gasteiger partial charge in [0.25, 0.3) is 5.91 Å². The number of hydrogen-bond acceptors (Lipinski definition) is 4. The molecule has 2 aromatic rings. The number of carbonyl (C=O) groups excluding carboxylic acids is 1. The van der Waals surface area contributed by atoms with Crippen LogP contribution in [0, 0.1) is 13.8 Å². The number of nitrogens with two attached hydrogens (primary N) is 1. The maximum Gasteiger partial charge on any atom is 0.254 e. The zero-order valence-corrected chi connectivity index (χ0v) is 12.1. The molecule has 0 bridgehead atoms. The van der Waals surface area contributed by atoms with E-state index in [1.54, 1.807) is 29.4 Å². The lowest BCUT2D eigenvalue weighted by Crippen LogP contribution is -2.26. The average Bonchev–Trinajstić information content (AvgIpc) is 2.72. The topological polar surface area (TPSA) is 59.2 Å². The third-order valence-corrected chi connectivity index (χ3v) is 3.65. The van der Waals surface area contributed by atoms with Gasteiger partial charge < -0.3 is 10.6 Å². The highest BCUT2D eigenvalue weighted by Crippen LogP contribution is 2.17. The highest BCUT2D eigenvalue weighted by atomic mass is 32.1. The molecule has 0 fully saturated rings. The zero-order valence-electron chi connectivity index (χ0n) is 11.3. The van der Waals surface area contributed by atoms with Crippen molar-refractivity contribution < 1.29 is 4.79 Å². The second-order valence-corrected chi connectivity index (χ2v) is 5.96. The Balaban J connectivity index is 2.14. The average molecular weight is 275 g/mol. The lowest BCUT2D eigenvalue weighted by molar-refractivity contribution is 0.0786. The minimum absolute atomic E-state index is 0.0264. The molecule has 0 saturated heterocycles. The van der Waals surface area contributed by atoms with Gasteiger partial charge in [-0.3, -0.25) is 4.79 Å². The van der Waals surface area contributed by atoms with Gasteiger partial charge in [-0.15, -0.1) is 11.3 Å². The summed E-state index contributed by atoms with van der Waals surface area (Å²) in [5.41, 5.74) is 8.01. The number of aromatic nitrogens is 1. The number of nitrogens with zero attached hydrogens (tertiary/aromatic N) is 2. The number of hydrogen-bond donors (Lipinski definition) is 1. The van der Waals surface area contributed by atoms with E-state index in [1.165, 1.54) is 0 Å². The summed E-state index contributed by atoms with van der Waals surface area (Å²) < 4.78 is 0. The highest BCUT2D eigenvalue weighted by Gasteiger charge is 2.13. The molecule has 0 aliphatic carbocycles. The van der Waals surface area contributed by atoms with E-state index in [0.29, 0.717) is 17.8 Å². The van der Waals surface area contributed by atoms with Crippen LogP contribution < -0.4 is 5.73 Å². The summed E-state index contributed by atoms with van der Waals surface area (Å²) in [6.45, 7) is 4.45. The van der Waals surface area contributed by atoms with Crippen molar-refractivity contribution in [3.8, 4) is 0 Å². The largest absolute Gasteiger partial charge is 0.399 e. The molecule has 100 valence electrons. The first-order chi connectivity index (χ1) is 8.95. The standard InChI is InChI=1S/C14H17N3OS/c1-9-4-11(6-12(15)5-9)14(18)17(3)8-13-7-16-10(2)19-13/h4-7H,8,15H2,1-3H3. The van der Waals surface area contributed by atoms with Gasteiger partial charge in [0.1, 0.15) is 0 Å². The minimum atomic E-state index is -0.0264. The fraction of sp³-hybridized carbons (Fsp3) is 0.286. The molecule has 1 aromatic carbocycles. The van der Waals surface area contributed by atoms with E-state index in [4.69, 9.17) is 5.73 Å². The molecule has 5 heteroatoms. The zero-order chi connectivity index (χ0) is 14.0. The SMILES string of the molecule is Cc1cc(N)cc(C(=O)N(C)Cc2cnc(C)s2)c1. The van der Waals surface area contributed by atoms with Crippen LogP contribution in [0.2, 0.25) is 0 Å². The van der Waals surface area contributed by atoms with Gasteiger partial charge >= 0.3 is 0 Å². The number of amides is 1. The molecular weight excluding hydrogens is 258 g/mol. The molecule has 0 saturated carbocycles. The third kappa shape index (κ3) is 3.32. The Hall–Kier alpha value is -1.88. The summed E-state index contributed by atoms with van der Waals surface area (Å²) >= 11 is 1.61. The molecule has 0 aliphatic rings. The van der Waals surface area contributed by atoms with Crippen LogP contribution in [-0.4, -0.2) is 22.8 Å².